The molecular formula is C16H34N2O2S. The van der Waals surface area contributed by atoms with E-state index in [2.05, 4.69) is 31.0 Å². The van der Waals surface area contributed by atoms with Gasteiger partial charge in [-0.3, -0.25) is 0 Å². The fourth-order valence-corrected chi connectivity index (χ4v) is 3.98. The third-order valence-electron chi connectivity index (χ3n) is 4.56. The monoisotopic (exact) mass is 318 g/mol. The van der Waals surface area contributed by atoms with Gasteiger partial charge in [0.2, 0.25) is 0 Å². The summed E-state index contributed by atoms with van der Waals surface area (Å²) in [6, 6.07) is 0.582. The van der Waals surface area contributed by atoms with E-state index >= 15 is 0 Å². The first kappa shape index (κ1) is 18.9. The van der Waals surface area contributed by atoms with Gasteiger partial charge >= 0.3 is 0 Å². The van der Waals surface area contributed by atoms with Gasteiger partial charge in [-0.25, -0.2) is 8.42 Å². The van der Waals surface area contributed by atoms with Crippen molar-refractivity contribution in [2.75, 3.05) is 38.7 Å². The van der Waals surface area contributed by atoms with Crippen LogP contribution in [0.5, 0.6) is 0 Å². The topological polar surface area (TPSA) is 49.4 Å². The van der Waals surface area contributed by atoms with Crippen LogP contribution in [0.3, 0.4) is 0 Å². The second-order valence-corrected chi connectivity index (χ2v) is 9.88. The van der Waals surface area contributed by atoms with Crippen molar-refractivity contribution >= 4 is 9.84 Å². The molecule has 0 spiro atoms. The molecule has 0 aromatic heterocycles. The molecule has 1 aliphatic carbocycles. The van der Waals surface area contributed by atoms with Crippen molar-refractivity contribution in [2.24, 2.45) is 11.3 Å². The molecule has 1 aliphatic rings. The van der Waals surface area contributed by atoms with Gasteiger partial charge in [0.05, 0.1) is 5.75 Å². The van der Waals surface area contributed by atoms with Gasteiger partial charge in [-0.1, -0.05) is 20.8 Å². The van der Waals surface area contributed by atoms with Crippen molar-refractivity contribution in [2.45, 2.75) is 52.5 Å². The highest BCUT2D eigenvalue weighted by atomic mass is 32.2. The van der Waals surface area contributed by atoms with E-state index in [1.54, 1.807) is 0 Å². The lowest BCUT2D eigenvalue weighted by Crippen LogP contribution is -2.47. The van der Waals surface area contributed by atoms with Gasteiger partial charge in [0.15, 0.2) is 0 Å². The maximum Gasteiger partial charge on any atom is 0.148 e. The van der Waals surface area contributed by atoms with Crippen molar-refractivity contribution < 1.29 is 8.42 Å². The predicted molar refractivity (Wildman–Crippen MR) is 90.4 cm³/mol. The van der Waals surface area contributed by atoms with Crippen LogP contribution in [0, 0.1) is 11.3 Å². The third kappa shape index (κ3) is 7.61. The van der Waals surface area contributed by atoms with Crippen molar-refractivity contribution in [3.05, 3.63) is 0 Å². The Kier molecular flexibility index (Phi) is 7.14. The minimum absolute atomic E-state index is 0.257. The van der Waals surface area contributed by atoms with Crippen LogP contribution in [-0.4, -0.2) is 58.1 Å². The lowest BCUT2D eigenvalue weighted by molar-refractivity contribution is 0.110. The summed E-state index contributed by atoms with van der Waals surface area (Å²) < 4.78 is 22.6. The standard InChI is InChI=1S/C16H34N2O2S/c1-6-9-17-15-7-8-16(2,3)12-14(15)13-18(4)10-11-21(5,19)20/h14-15,17H,6-13H2,1-5H3. The molecule has 1 fully saturated rings. The average Bonchev–Trinajstić information content (AvgIpc) is 2.34. The molecule has 0 bridgehead atoms. The fraction of sp³-hybridized carbons (Fsp3) is 1.00. The summed E-state index contributed by atoms with van der Waals surface area (Å²) in [7, 11) is -0.823. The van der Waals surface area contributed by atoms with E-state index in [1.807, 2.05) is 7.05 Å². The Morgan fingerprint density at radius 3 is 2.57 bits per heavy atom. The molecule has 2 atom stereocenters. The lowest BCUT2D eigenvalue weighted by atomic mass is 9.69. The summed E-state index contributed by atoms with van der Waals surface area (Å²) in [5.41, 5.74) is 0.409. The molecule has 0 aromatic rings. The molecule has 1 saturated carbocycles. The number of nitrogens with one attached hydrogen (secondary N) is 1. The van der Waals surface area contributed by atoms with E-state index in [0.717, 1.165) is 19.5 Å². The Labute approximate surface area is 131 Å². The number of nitrogens with zero attached hydrogens (tertiary/aromatic N) is 1. The second kappa shape index (κ2) is 7.93. The van der Waals surface area contributed by atoms with E-state index < -0.39 is 9.84 Å². The van der Waals surface area contributed by atoms with Crippen LogP contribution in [0.2, 0.25) is 0 Å². The maximum absolute atomic E-state index is 11.3. The molecule has 0 radical (unpaired) electrons. The van der Waals surface area contributed by atoms with E-state index in [1.165, 1.54) is 25.5 Å². The molecule has 0 amide bonds. The van der Waals surface area contributed by atoms with Crippen molar-refractivity contribution in [3.8, 4) is 0 Å². The summed E-state index contributed by atoms with van der Waals surface area (Å²) in [6.45, 7) is 9.61. The number of hydrogen-bond acceptors (Lipinski definition) is 4. The van der Waals surface area contributed by atoms with Gasteiger partial charge < -0.3 is 10.2 Å². The molecule has 5 heteroatoms. The van der Waals surface area contributed by atoms with Crippen LogP contribution in [-0.2, 0) is 9.84 Å². The molecular weight excluding hydrogens is 284 g/mol. The van der Waals surface area contributed by atoms with Gasteiger partial charge in [0.1, 0.15) is 9.84 Å². The fourth-order valence-electron chi connectivity index (χ4n) is 3.34. The minimum Gasteiger partial charge on any atom is -0.314 e. The quantitative estimate of drug-likeness (QED) is 0.745. The summed E-state index contributed by atoms with van der Waals surface area (Å²) in [5, 5.41) is 3.69. The Morgan fingerprint density at radius 2 is 2.00 bits per heavy atom. The highest BCUT2D eigenvalue weighted by Gasteiger charge is 2.34. The molecule has 0 saturated heterocycles. The van der Waals surface area contributed by atoms with Crippen molar-refractivity contribution in [1.82, 2.24) is 10.2 Å². The molecule has 2 unspecified atom stereocenters. The largest absolute Gasteiger partial charge is 0.314 e. The minimum atomic E-state index is -2.87. The first-order valence-electron chi connectivity index (χ1n) is 8.22. The normalized spacial score (nSPS) is 26.2. The van der Waals surface area contributed by atoms with Crippen LogP contribution in [0.4, 0.5) is 0 Å². The predicted octanol–water partition coefficient (Wildman–Crippen LogP) is 2.16. The second-order valence-electron chi connectivity index (χ2n) is 7.62. The summed E-state index contributed by atoms with van der Waals surface area (Å²) in [5.74, 6) is 0.872. The lowest BCUT2D eigenvalue weighted by Gasteiger charge is -2.42. The smallest absolute Gasteiger partial charge is 0.148 e. The highest BCUT2D eigenvalue weighted by Crippen LogP contribution is 2.39. The Morgan fingerprint density at radius 1 is 1.33 bits per heavy atom. The average molecular weight is 319 g/mol. The molecule has 0 aliphatic heterocycles. The number of rotatable bonds is 8. The van der Waals surface area contributed by atoms with Crippen molar-refractivity contribution in [3.63, 3.8) is 0 Å². The molecule has 1 rings (SSSR count). The SMILES string of the molecule is CCCNC1CCC(C)(C)CC1CN(C)CCS(C)(=O)=O. The van der Waals surface area contributed by atoms with Crippen LogP contribution >= 0.6 is 0 Å². The van der Waals surface area contributed by atoms with Gasteiger partial charge in [-0.15, -0.1) is 0 Å². The Bertz CT molecular complexity index is 407. The maximum atomic E-state index is 11.3. The zero-order valence-electron chi connectivity index (χ0n) is 14.5. The van der Waals surface area contributed by atoms with Gasteiger partial charge in [-0.2, -0.15) is 0 Å². The molecule has 21 heavy (non-hydrogen) atoms. The molecule has 0 heterocycles. The van der Waals surface area contributed by atoms with Gasteiger partial charge in [0, 0.05) is 25.4 Å². The highest BCUT2D eigenvalue weighted by molar-refractivity contribution is 7.90. The van der Waals surface area contributed by atoms with Gasteiger partial charge in [-0.05, 0) is 50.6 Å². The summed E-state index contributed by atoms with van der Waals surface area (Å²) in [6.07, 6.45) is 6.21. The Balaban J connectivity index is 2.56. The van der Waals surface area contributed by atoms with Crippen molar-refractivity contribution in [1.29, 1.82) is 0 Å². The zero-order chi connectivity index (χ0) is 16.1. The van der Waals surface area contributed by atoms with Crippen LogP contribution < -0.4 is 5.32 Å². The first-order chi connectivity index (χ1) is 9.63. The molecule has 1 N–H and O–H groups in total. The molecule has 4 nitrogen and oxygen atoms in total. The summed E-state index contributed by atoms with van der Waals surface area (Å²) in [4.78, 5) is 2.19. The number of sulfone groups is 1. The van der Waals surface area contributed by atoms with E-state index in [-0.39, 0.29) is 5.75 Å². The van der Waals surface area contributed by atoms with E-state index in [0.29, 0.717) is 23.9 Å². The molecule has 126 valence electrons. The van der Waals surface area contributed by atoms with E-state index in [9.17, 15) is 8.42 Å². The van der Waals surface area contributed by atoms with Gasteiger partial charge in [0.25, 0.3) is 0 Å². The number of hydrogen-bond donors (Lipinski definition) is 1. The molecule has 0 aromatic carbocycles. The van der Waals surface area contributed by atoms with Crippen LogP contribution in [0.25, 0.3) is 0 Å². The Hall–Kier alpha value is -0.130. The zero-order valence-corrected chi connectivity index (χ0v) is 15.3. The van der Waals surface area contributed by atoms with E-state index in [4.69, 9.17) is 0 Å². The van der Waals surface area contributed by atoms with Crippen LogP contribution in [0.1, 0.15) is 46.5 Å². The third-order valence-corrected chi connectivity index (χ3v) is 5.49. The summed E-state index contributed by atoms with van der Waals surface area (Å²) >= 11 is 0. The van der Waals surface area contributed by atoms with Crippen LogP contribution in [0.15, 0.2) is 0 Å². The first-order valence-corrected chi connectivity index (χ1v) is 10.3.